The lowest BCUT2D eigenvalue weighted by atomic mass is 9.98. The molecule has 6 nitrogen and oxygen atoms in total. The van der Waals surface area contributed by atoms with Crippen LogP contribution in [0, 0.1) is 11.7 Å². The average Bonchev–Trinajstić information content (AvgIpc) is 3.38. The van der Waals surface area contributed by atoms with Gasteiger partial charge in [-0.1, -0.05) is 23.5 Å². The summed E-state index contributed by atoms with van der Waals surface area (Å²) in [5.41, 5.74) is 0.796. The molecule has 0 aliphatic carbocycles. The maximum absolute atomic E-state index is 13.6. The lowest BCUT2D eigenvalue weighted by molar-refractivity contribution is -0.122. The second-order valence-corrected chi connectivity index (χ2v) is 11.1. The number of piperidine rings is 1. The number of nitrogens with zero attached hydrogens (tertiary/aromatic N) is 3. The molecule has 0 atom stereocenters. The van der Waals surface area contributed by atoms with Gasteiger partial charge in [0.25, 0.3) is 15.9 Å². The van der Waals surface area contributed by atoms with Gasteiger partial charge in [-0.15, -0.1) is 17.9 Å². The molecule has 1 aliphatic rings. The number of benzene rings is 1. The van der Waals surface area contributed by atoms with E-state index < -0.39 is 10.0 Å². The number of allylic oxidation sites excluding steroid dienone is 1. The highest BCUT2D eigenvalue weighted by Gasteiger charge is 2.32. The van der Waals surface area contributed by atoms with Crippen molar-refractivity contribution < 1.29 is 17.6 Å². The topological polar surface area (TPSA) is 71.7 Å². The average molecular weight is 466 g/mol. The zero-order valence-corrected chi connectivity index (χ0v) is 18.5. The minimum Gasteiger partial charge on any atom is -0.313 e. The van der Waals surface area contributed by atoms with Crippen molar-refractivity contribution in [3.63, 3.8) is 0 Å². The zero-order valence-electron chi connectivity index (χ0n) is 16.0. The Labute approximate surface area is 181 Å². The van der Waals surface area contributed by atoms with E-state index in [-0.39, 0.29) is 30.7 Å². The molecule has 3 heterocycles. The molecule has 1 aliphatic heterocycles. The van der Waals surface area contributed by atoms with Crippen molar-refractivity contribution in [2.24, 2.45) is 10.9 Å². The van der Waals surface area contributed by atoms with Crippen LogP contribution in [0.3, 0.4) is 0 Å². The van der Waals surface area contributed by atoms with E-state index in [0.29, 0.717) is 33.1 Å². The summed E-state index contributed by atoms with van der Waals surface area (Å²) >= 11 is 2.45. The van der Waals surface area contributed by atoms with Crippen LogP contribution in [0.5, 0.6) is 0 Å². The largest absolute Gasteiger partial charge is 0.313 e. The van der Waals surface area contributed by atoms with Gasteiger partial charge in [0.2, 0.25) is 0 Å². The van der Waals surface area contributed by atoms with Gasteiger partial charge in [-0.05, 0) is 42.5 Å². The predicted molar refractivity (Wildman–Crippen MR) is 116 cm³/mol. The van der Waals surface area contributed by atoms with E-state index in [1.54, 1.807) is 29.7 Å². The molecular formula is C20H20FN3O3S3. The predicted octanol–water partition coefficient (Wildman–Crippen LogP) is 3.62. The number of fused-ring (bicyclic) bond motifs is 1. The summed E-state index contributed by atoms with van der Waals surface area (Å²) in [6.45, 7) is 4.77. The monoisotopic (exact) mass is 465 g/mol. The molecule has 30 heavy (non-hydrogen) atoms. The molecule has 1 aromatic carbocycles. The molecule has 0 bridgehead atoms. The van der Waals surface area contributed by atoms with E-state index in [9.17, 15) is 17.6 Å². The van der Waals surface area contributed by atoms with Crippen molar-refractivity contribution in [1.82, 2.24) is 8.87 Å². The van der Waals surface area contributed by atoms with Crippen molar-refractivity contribution in [2.45, 2.75) is 23.6 Å². The van der Waals surface area contributed by atoms with Gasteiger partial charge < -0.3 is 4.57 Å². The molecule has 4 rings (SSSR count). The number of carbonyl (C=O) groups excluding carboxylic acids is 1. The Hall–Kier alpha value is -2.14. The molecule has 1 fully saturated rings. The van der Waals surface area contributed by atoms with E-state index in [2.05, 4.69) is 11.6 Å². The number of thiophene rings is 1. The van der Waals surface area contributed by atoms with Crippen LogP contribution in [0.25, 0.3) is 10.2 Å². The molecule has 158 valence electrons. The zero-order chi connectivity index (χ0) is 21.3. The third-order valence-corrected chi connectivity index (χ3v) is 9.37. The molecule has 0 saturated carbocycles. The van der Waals surface area contributed by atoms with Crippen LogP contribution in [0.1, 0.15) is 12.8 Å². The Balaban J connectivity index is 1.54. The van der Waals surface area contributed by atoms with Gasteiger partial charge in [0, 0.05) is 25.6 Å². The molecule has 0 spiro atoms. The number of sulfonamides is 1. The summed E-state index contributed by atoms with van der Waals surface area (Å²) in [7, 11) is -3.50. The Morgan fingerprint density at radius 3 is 2.73 bits per heavy atom. The number of halogens is 1. The normalized spacial score (nSPS) is 16.9. The summed E-state index contributed by atoms with van der Waals surface area (Å²) < 4.78 is 43.2. The number of thiazole rings is 1. The first-order valence-electron chi connectivity index (χ1n) is 9.42. The summed E-state index contributed by atoms with van der Waals surface area (Å²) in [6.07, 6.45) is 2.55. The van der Waals surface area contributed by atoms with E-state index in [1.807, 2.05) is 4.57 Å². The molecule has 10 heteroatoms. The highest BCUT2D eigenvalue weighted by atomic mass is 32.2. The first-order chi connectivity index (χ1) is 14.4. The maximum Gasteiger partial charge on any atom is 0.252 e. The standard InChI is InChI=1S/C20H20FN3O3S3/c1-2-9-24-16-6-5-15(21)13-17(16)29-20(24)22-19(25)14-7-10-23(11-8-14)30(26,27)18-4-3-12-28-18/h2-6,12-14H,1,7-11H2. The fraction of sp³-hybridized carbons (Fsp3) is 0.300. The van der Waals surface area contributed by atoms with Crippen molar-refractivity contribution >= 4 is 48.8 Å². The van der Waals surface area contributed by atoms with Crippen molar-refractivity contribution in [3.8, 4) is 0 Å². The van der Waals surface area contributed by atoms with Crippen LogP contribution in [0.4, 0.5) is 4.39 Å². The number of rotatable bonds is 5. The fourth-order valence-corrected chi connectivity index (χ4v) is 7.19. The maximum atomic E-state index is 13.6. The Morgan fingerprint density at radius 1 is 1.30 bits per heavy atom. The van der Waals surface area contributed by atoms with Gasteiger partial charge in [0.15, 0.2) is 4.80 Å². The lowest BCUT2D eigenvalue weighted by Gasteiger charge is -2.29. The molecule has 0 radical (unpaired) electrons. The molecule has 2 aromatic heterocycles. The van der Waals surface area contributed by atoms with Crippen LogP contribution in [0.15, 0.2) is 57.6 Å². The van der Waals surface area contributed by atoms with Crippen LogP contribution >= 0.6 is 22.7 Å². The number of hydrogen-bond acceptors (Lipinski definition) is 5. The van der Waals surface area contributed by atoms with Gasteiger partial charge in [-0.2, -0.15) is 9.30 Å². The molecular weight excluding hydrogens is 445 g/mol. The van der Waals surface area contributed by atoms with E-state index in [4.69, 9.17) is 0 Å². The van der Waals surface area contributed by atoms with E-state index >= 15 is 0 Å². The number of hydrogen-bond donors (Lipinski definition) is 0. The second kappa shape index (κ2) is 8.54. The summed E-state index contributed by atoms with van der Waals surface area (Å²) in [5.74, 6) is -0.946. The SMILES string of the molecule is C=CCn1c(=NC(=O)C2CCN(S(=O)(=O)c3cccs3)CC2)sc2cc(F)ccc21. The minimum atomic E-state index is -3.50. The molecule has 3 aromatic rings. The summed E-state index contributed by atoms with van der Waals surface area (Å²) in [4.78, 5) is 17.6. The second-order valence-electron chi connectivity index (χ2n) is 6.96. The van der Waals surface area contributed by atoms with Crippen LogP contribution < -0.4 is 4.80 Å². The molecule has 1 saturated heterocycles. The summed E-state index contributed by atoms with van der Waals surface area (Å²) in [5, 5.41) is 1.73. The van der Waals surface area contributed by atoms with Crippen LogP contribution in [-0.2, 0) is 21.4 Å². The van der Waals surface area contributed by atoms with E-state index in [1.165, 1.54) is 39.1 Å². The van der Waals surface area contributed by atoms with Crippen LogP contribution in [-0.4, -0.2) is 36.3 Å². The van der Waals surface area contributed by atoms with Gasteiger partial charge in [0.1, 0.15) is 10.0 Å². The Morgan fingerprint density at radius 2 is 2.07 bits per heavy atom. The van der Waals surface area contributed by atoms with Crippen molar-refractivity contribution in [2.75, 3.05) is 13.1 Å². The molecule has 0 unspecified atom stereocenters. The fourth-order valence-electron chi connectivity index (χ4n) is 3.50. The van der Waals surface area contributed by atoms with Crippen molar-refractivity contribution in [3.05, 3.63) is 59.0 Å². The summed E-state index contributed by atoms with van der Waals surface area (Å²) in [6, 6.07) is 7.78. The molecule has 1 amide bonds. The van der Waals surface area contributed by atoms with Gasteiger partial charge >= 0.3 is 0 Å². The number of amides is 1. The van der Waals surface area contributed by atoms with Gasteiger partial charge in [-0.25, -0.2) is 12.8 Å². The minimum absolute atomic E-state index is 0.270. The third kappa shape index (κ3) is 4.04. The number of aromatic nitrogens is 1. The van der Waals surface area contributed by atoms with Gasteiger partial charge in [-0.3, -0.25) is 4.79 Å². The Bertz CT molecular complexity index is 1250. The van der Waals surface area contributed by atoms with E-state index in [0.717, 1.165) is 5.52 Å². The molecule has 0 N–H and O–H groups in total. The van der Waals surface area contributed by atoms with Crippen molar-refractivity contribution in [1.29, 1.82) is 0 Å². The number of carbonyl (C=O) groups is 1. The Kier molecular flexibility index (Phi) is 6.01. The van der Waals surface area contributed by atoms with Crippen LogP contribution in [0.2, 0.25) is 0 Å². The van der Waals surface area contributed by atoms with Gasteiger partial charge in [0.05, 0.1) is 10.2 Å². The quantitative estimate of drug-likeness (QED) is 0.541. The third-order valence-electron chi connectivity index (χ3n) is 5.05. The highest BCUT2D eigenvalue weighted by Crippen LogP contribution is 2.27. The first kappa shape index (κ1) is 21.1. The smallest absolute Gasteiger partial charge is 0.252 e. The lowest BCUT2D eigenvalue weighted by Crippen LogP contribution is -2.40. The first-order valence-corrected chi connectivity index (χ1v) is 12.6. The highest BCUT2D eigenvalue weighted by molar-refractivity contribution is 7.91.